The van der Waals surface area contributed by atoms with E-state index in [1.54, 1.807) is 13.0 Å². The SMILES string of the molecule is Cc1cc(Cl)cc(C(=O)O)c1B1OC(C)(C)C(C)(C)O1. The summed E-state index contributed by atoms with van der Waals surface area (Å²) >= 11 is 5.94. The Kier molecular flexibility index (Phi) is 3.65. The highest BCUT2D eigenvalue weighted by Crippen LogP contribution is 2.37. The predicted molar refractivity (Wildman–Crippen MR) is 78.9 cm³/mol. The van der Waals surface area contributed by atoms with Crippen molar-refractivity contribution in [1.29, 1.82) is 0 Å². The van der Waals surface area contributed by atoms with Gasteiger partial charge in [0.2, 0.25) is 0 Å². The highest BCUT2D eigenvalue weighted by atomic mass is 35.5. The number of aromatic carboxylic acids is 1. The van der Waals surface area contributed by atoms with E-state index in [4.69, 9.17) is 20.9 Å². The quantitative estimate of drug-likeness (QED) is 0.853. The molecule has 6 heteroatoms. The van der Waals surface area contributed by atoms with Gasteiger partial charge in [0.25, 0.3) is 0 Å². The van der Waals surface area contributed by atoms with Crippen LogP contribution < -0.4 is 5.46 Å². The molecule has 1 aromatic carbocycles. The molecule has 2 rings (SSSR count). The Balaban J connectivity index is 2.52. The van der Waals surface area contributed by atoms with E-state index in [1.165, 1.54) is 6.07 Å². The number of halogens is 1. The molecule has 0 saturated carbocycles. The minimum absolute atomic E-state index is 0.119. The van der Waals surface area contributed by atoms with Gasteiger partial charge in [-0.2, -0.15) is 0 Å². The summed E-state index contributed by atoms with van der Waals surface area (Å²) < 4.78 is 11.9. The molecule has 1 aliphatic rings. The molecule has 1 aromatic rings. The van der Waals surface area contributed by atoms with E-state index in [2.05, 4.69) is 0 Å². The summed E-state index contributed by atoms with van der Waals surface area (Å²) in [5.74, 6) is -1.04. The Morgan fingerprint density at radius 3 is 2.15 bits per heavy atom. The molecule has 0 radical (unpaired) electrons. The molecule has 0 amide bonds. The van der Waals surface area contributed by atoms with Gasteiger partial charge in [0.1, 0.15) is 0 Å². The topological polar surface area (TPSA) is 55.8 Å². The first-order valence-electron chi connectivity index (χ1n) is 6.44. The van der Waals surface area contributed by atoms with Gasteiger partial charge in [-0.1, -0.05) is 11.6 Å². The minimum atomic E-state index is -1.04. The van der Waals surface area contributed by atoms with E-state index < -0.39 is 24.3 Å². The molecule has 0 atom stereocenters. The molecule has 0 spiro atoms. The first-order valence-corrected chi connectivity index (χ1v) is 6.82. The molecule has 0 unspecified atom stereocenters. The maximum absolute atomic E-state index is 11.4. The second-order valence-electron chi connectivity index (χ2n) is 6.08. The summed E-state index contributed by atoms with van der Waals surface area (Å²) in [5, 5.41) is 9.75. The summed E-state index contributed by atoms with van der Waals surface area (Å²) in [6, 6.07) is 3.14. The van der Waals surface area contributed by atoms with Crippen molar-refractivity contribution >= 4 is 30.2 Å². The van der Waals surface area contributed by atoms with Gasteiger partial charge in [-0.3, -0.25) is 0 Å². The summed E-state index contributed by atoms with van der Waals surface area (Å²) in [5.41, 5.74) is 0.362. The molecule has 0 aromatic heterocycles. The van der Waals surface area contributed by atoms with Gasteiger partial charge in [-0.05, 0) is 57.8 Å². The van der Waals surface area contributed by atoms with Crippen LogP contribution in [0.1, 0.15) is 43.6 Å². The number of hydrogen-bond donors (Lipinski definition) is 1. The highest BCUT2D eigenvalue weighted by Gasteiger charge is 2.52. The van der Waals surface area contributed by atoms with Crippen molar-refractivity contribution in [2.45, 2.75) is 45.8 Å². The first-order chi connectivity index (χ1) is 9.05. The average molecular weight is 297 g/mol. The molecule has 108 valence electrons. The molecule has 1 saturated heterocycles. The summed E-state index contributed by atoms with van der Waals surface area (Å²) in [7, 11) is -0.705. The lowest BCUT2D eigenvalue weighted by molar-refractivity contribution is 0.00578. The molecular formula is C14H18BClO4. The Labute approximate surface area is 124 Å². The molecular weight excluding hydrogens is 278 g/mol. The van der Waals surface area contributed by atoms with Crippen LogP contribution in [0, 0.1) is 6.92 Å². The monoisotopic (exact) mass is 296 g/mol. The fraction of sp³-hybridized carbons (Fsp3) is 0.500. The smallest absolute Gasteiger partial charge is 0.478 e. The van der Waals surface area contributed by atoms with Crippen molar-refractivity contribution in [1.82, 2.24) is 0 Å². The Bertz CT molecular complexity index is 553. The Morgan fingerprint density at radius 1 is 1.20 bits per heavy atom. The number of benzene rings is 1. The molecule has 1 aliphatic heterocycles. The van der Waals surface area contributed by atoms with Crippen LogP contribution in [0.5, 0.6) is 0 Å². The second-order valence-corrected chi connectivity index (χ2v) is 6.51. The highest BCUT2D eigenvalue weighted by molar-refractivity contribution is 6.64. The van der Waals surface area contributed by atoms with Gasteiger partial charge in [0, 0.05) is 5.02 Å². The van der Waals surface area contributed by atoms with E-state index in [1.807, 2.05) is 27.7 Å². The van der Waals surface area contributed by atoms with Gasteiger partial charge in [0.15, 0.2) is 0 Å². The zero-order valence-corrected chi connectivity index (χ0v) is 13.0. The van der Waals surface area contributed by atoms with Crippen molar-refractivity contribution in [3.8, 4) is 0 Å². The molecule has 4 nitrogen and oxygen atoms in total. The van der Waals surface area contributed by atoms with Crippen LogP contribution in [0.2, 0.25) is 5.02 Å². The lowest BCUT2D eigenvalue weighted by atomic mass is 9.73. The lowest BCUT2D eigenvalue weighted by Crippen LogP contribution is -2.41. The fourth-order valence-corrected chi connectivity index (χ4v) is 2.48. The zero-order chi connectivity index (χ0) is 15.3. The van der Waals surface area contributed by atoms with Crippen molar-refractivity contribution in [2.75, 3.05) is 0 Å². The third kappa shape index (κ3) is 2.46. The van der Waals surface area contributed by atoms with Crippen molar-refractivity contribution in [3.05, 3.63) is 28.3 Å². The van der Waals surface area contributed by atoms with Crippen LogP contribution in [0.25, 0.3) is 0 Å². The van der Waals surface area contributed by atoms with Crippen LogP contribution in [-0.2, 0) is 9.31 Å². The molecule has 1 N–H and O–H groups in total. The van der Waals surface area contributed by atoms with Crippen molar-refractivity contribution in [3.63, 3.8) is 0 Å². The molecule has 0 bridgehead atoms. The van der Waals surface area contributed by atoms with Gasteiger partial charge in [-0.15, -0.1) is 0 Å². The van der Waals surface area contributed by atoms with Crippen LogP contribution in [0.4, 0.5) is 0 Å². The second kappa shape index (κ2) is 4.76. The van der Waals surface area contributed by atoms with Crippen LogP contribution >= 0.6 is 11.6 Å². The maximum Gasteiger partial charge on any atom is 0.495 e. The first kappa shape index (κ1) is 15.4. The lowest BCUT2D eigenvalue weighted by Gasteiger charge is -2.32. The molecule has 0 aliphatic carbocycles. The number of carbonyl (C=O) groups is 1. The largest absolute Gasteiger partial charge is 0.495 e. The normalized spacial score (nSPS) is 20.2. The number of aryl methyl sites for hydroxylation is 1. The van der Waals surface area contributed by atoms with Crippen LogP contribution in [0.15, 0.2) is 12.1 Å². The van der Waals surface area contributed by atoms with Crippen LogP contribution in [0.3, 0.4) is 0 Å². The van der Waals surface area contributed by atoms with E-state index in [9.17, 15) is 9.90 Å². The maximum atomic E-state index is 11.4. The van der Waals surface area contributed by atoms with E-state index >= 15 is 0 Å². The summed E-state index contributed by atoms with van der Waals surface area (Å²) in [6.45, 7) is 9.52. The summed E-state index contributed by atoms with van der Waals surface area (Å²) in [4.78, 5) is 11.4. The van der Waals surface area contributed by atoms with Crippen LogP contribution in [-0.4, -0.2) is 29.4 Å². The van der Waals surface area contributed by atoms with E-state index in [0.29, 0.717) is 10.5 Å². The number of carboxylic acids is 1. The molecule has 1 fully saturated rings. The zero-order valence-electron chi connectivity index (χ0n) is 12.3. The number of carboxylic acid groups (broad SMARTS) is 1. The standard InChI is InChI=1S/C14H18BClO4/c1-8-6-9(16)7-10(12(17)18)11(8)15-19-13(2,3)14(4,5)20-15/h6-7H,1-5H3,(H,17,18). The Hall–Kier alpha value is -1.04. The molecule has 1 heterocycles. The number of hydrogen-bond acceptors (Lipinski definition) is 3. The Morgan fingerprint density at radius 2 is 1.70 bits per heavy atom. The van der Waals surface area contributed by atoms with Gasteiger partial charge in [0.05, 0.1) is 16.8 Å². The number of rotatable bonds is 2. The predicted octanol–water partition coefficient (Wildman–Crippen LogP) is 2.65. The van der Waals surface area contributed by atoms with Crippen molar-refractivity contribution in [2.24, 2.45) is 0 Å². The van der Waals surface area contributed by atoms with Crippen molar-refractivity contribution < 1.29 is 19.2 Å². The average Bonchev–Trinajstić information content (AvgIpc) is 2.46. The summed E-state index contributed by atoms with van der Waals surface area (Å²) in [6.07, 6.45) is 0. The van der Waals surface area contributed by atoms with E-state index in [0.717, 1.165) is 5.56 Å². The minimum Gasteiger partial charge on any atom is -0.478 e. The fourth-order valence-electron chi connectivity index (χ4n) is 2.21. The third-order valence-corrected chi connectivity index (χ3v) is 4.29. The van der Waals surface area contributed by atoms with Gasteiger partial charge < -0.3 is 14.4 Å². The van der Waals surface area contributed by atoms with Gasteiger partial charge in [-0.25, -0.2) is 4.79 Å². The van der Waals surface area contributed by atoms with Gasteiger partial charge >= 0.3 is 13.1 Å². The van der Waals surface area contributed by atoms with E-state index in [-0.39, 0.29) is 5.56 Å². The molecule has 20 heavy (non-hydrogen) atoms. The third-order valence-electron chi connectivity index (χ3n) is 4.07.